The molecule has 0 saturated heterocycles. The van der Waals surface area contributed by atoms with Crippen LogP contribution >= 0.6 is 11.3 Å². The van der Waals surface area contributed by atoms with E-state index in [0.717, 1.165) is 28.8 Å². The number of aromatic nitrogens is 3. The normalized spacial score (nSPS) is 12.4. The lowest BCUT2D eigenvalue weighted by Crippen LogP contribution is -2.09. The largest absolute Gasteiger partial charge is 0.489 e. The van der Waals surface area contributed by atoms with Crippen molar-refractivity contribution >= 4 is 44.2 Å². The van der Waals surface area contributed by atoms with E-state index in [4.69, 9.17) is 14.9 Å². The molecule has 3 N–H and O–H groups in total. The topological polar surface area (TPSA) is 95.1 Å². The number of nitrogens with one attached hydrogen (secondary N) is 1. The van der Waals surface area contributed by atoms with Gasteiger partial charge >= 0.3 is 0 Å². The molecule has 2 heterocycles. The molecule has 1 atom stereocenters. The van der Waals surface area contributed by atoms with Gasteiger partial charge in [-0.15, -0.1) is 11.3 Å². The lowest BCUT2D eigenvalue weighted by molar-refractivity contribution is 0.243. The highest BCUT2D eigenvalue weighted by molar-refractivity contribution is 7.82. The fourth-order valence-corrected chi connectivity index (χ4v) is 4.30. The summed E-state index contributed by atoms with van der Waals surface area (Å²) in [6.07, 6.45) is 1.86. The molecule has 0 amide bonds. The summed E-state index contributed by atoms with van der Waals surface area (Å²) in [7, 11) is -1.58. The molecule has 0 bridgehead atoms. The van der Waals surface area contributed by atoms with Gasteiger partial charge in [-0.1, -0.05) is 6.07 Å². The molecule has 1 unspecified atom stereocenters. The summed E-state index contributed by atoms with van der Waals surface area (Å²) in [5.41, 5.74) is 4.63. The van der Waals surface area contributed by atoms with Gasteiger partial charge in [0, 0.05) is 17.5 Å². The van der Waals surface area contributed by atoms with Gasteiger partial charge in [0.15, 0.2) is 5.13 Å². The van der Waals surface area contributed by atoms with Crippen LogP contribution in [0.4, 0.5) is 10.8 Å². The van der Waals surface area contributed by atoms with Gasteiger partial charge in [0.25, 0.3) is 0 Å². The highest BCUT2D eigenvalue weighted by Gasteiger charge is 2.13. The number of anilines is 2. The van der Waals surface area contributed by atoms with Gasteiger partial charge in [-0.05, 0) is 51.1 Å². The van der Waals surface area contributed by atoms with Crippen LogP contribution in [0.1, 0.15) is 20.8 Å². The van der Waals surface area contributed by atoms with Gasteiger partial charge < -0.3 is 14.6 Å². The van der Waals surface area contributed by atoms with Crippen molar-refractivity contribution in [2.75, 3.05) is 5.32 Å². The van der Waals surface area contributed by atoms with Crippen LogP contribution in [-0.2, 0) is 17.5 Å². The Balaban J connectivity index is 1.65. The molecular formula is C21H23N5O2S2. The third kappa shape index (κ3) is 4.23. The van der Waals surface area contributed by atoms with Crippen molar-refractivity contribution in [3.05, 3.63) is 48.1 Å². The molecule has 9 heteroatoms. The van der Waals surface area contributed by atoms with Crippen molar-refractivity contribution in [1.29, 1.82) is 0 Å². The molecule has 0 aliphatic rings. The lowest BCUT2D eigenvalue weighted by atomic mass is 10.1. The molecule has 156 valence electrons. The van der Waals surface area contributed by atoms with Gasteiger partial charge in [-0.2, -0.15) is 0 Å². The molecule has 30 heavy (non-hydrogen) atoms. The Morgan fingerprint density at radius 1 is 1.27 bits per heavy atom. The minimum Gasteiger partial charge on any atom is -0.489 e. The van der Waals surface area contributed by atoms with Crippen LogP contribution in [0.25, 0.3) is 22.3 Å². The molecular weight excluding hydrogens is 418 g/mol. The van der Waals surface area contributed by atoms with Crippen molar-refractivity contribution in [2.45, 2.75) is 38.3 Å². The fourth-order valence-electron chi connectivity index (χ4n) is 3.14. The first-order valence-corrected chi connectivity index (χ1v) is 11.7. The van der Waals surface area contributed by atoms with Crippen LogP contribution in [0.5, 0.6) is 5.75 Å². The SMILES string of the molecule is CCn1cnc2ccc(-c3csc(Nc4cc(S(N)=O)ccc4OC(C)C)n3)cc21. The van der Waals surface area contributed by atoms with E-state index in [2.05, 4.69) is 27.9 Å². The number of ether oxygens (including phenoxy) is 1. The standard InChI is InChI=1S/C21H23N5O2S2/c1-4-26-12-23-16-7-5-14(9-19(16)26)18-11-29-21(25-18)24-17-10-15(30(22)27)6-8-20(17)28-13(2)3/h5-13H,4,22H2,1-3H3,(H,24,25). The zero-order chi connectivity index (χ0) is 21.3. The third-order valence-corrected chi connectivity index (χ3v) is 6.03. The van der Waals surface area contributed by atoms with Crippen molar-refractivity contribution < 1.29 is 8.95 Å². The summed E-state index contributed by atoms with van der Waals surface area (Å²) in [4.78, 5) is 9.67. The van der Waals surface area contributed by atoms with Crippen LogP contribution in [0.2, 0.25) is 0 Å². The molecule has 0 aliphatic heterocycles. The Morgan fingerprint density at radius 2 is 2.10 bits per heavy atom. The molecule has 7 nitrogen and oxygen atoms in total. The van der Waals surface area contributed by atoms with Gasteiger partial charge in [0.2, 0.25) is 0 Å². The number of imidazole rings is 1. The Morgan fingerprint density at radius 3 is 2.83 bits per heavy atom. The zero-order valence-electron chi connectivity index (χ0n) is 17.0. The average Bonchev–Trinajstić information content (AvgIpc) is 3.35. The second-order valence-corrected chi connectivity index (χ2v) is 8.94. The molecule has 0 aliphatic carbocycles. The van der Waals surface area contributed by atoms with Crippen LogP contribution in [0.3, 0.4) is 0 Å². The maximum atomic E-state index is 11.7. The van der Waals surface area contributed by atoms with E-state index in [1.54, 1.807) is 18.2 Å². The molecule has 0 saturated carbocycles. The predicted molar refractivity (Wildman–Crippen MR) is 123 cm³/mol. The van der Waals surface area contributed by atoms with E-state index < -0.39 is 11.0 Å². The Labute approximate surface area is 181 Å². The number of hydrogen-bond donors (Lipinski definition) is 2. The number of benzene rings is 2. The number of fused-ring (bicyclic) bond motifs is 1. The summed E-state index contributed by atoms with van der Waals surface area (Å²) in [6, 6.07) is 11.4. The van der Waals surface area contributed by atoms with Crippen LogP contribution < -0.4 is 15.2 Å². The molecule has 4 aromatic rings. The van der Waals surface area contributed by atoms with Crippen molar-refractivity contribution in [2.24, 2.45) is 5.14 Å². The number of rotatable bonds is 7. The number of thiazole rings is 1. The van der Waals surface area contributed by atoms with E-state index in [9.17, 15) is 4.21 Å². The van der Waals surface area contributed by atoms with E-state index in [1.165, 1.54) is 11.3 Å². The predicted octanol–water partition coefficient (Wildman–Crippen LogP) is 4.69. The number of aryl methyl sites for hydroxylation is 1. The Kier molecular flexibility index (Phi) is 5.85. The molecule has 0 spiro atoms. The highest BCUT2D eigenvalue weighted by atomic mass is 32.2. The van der Waals surface area contributed by atoms with E-state index >= 15 is 0 Å². The van der Waals surface area contributed by atoms with E-state index in [-0.39, 0.29) is 6.10 Å². The maximum Gasteiger partial charge on any atom is 0.187 e. The van der Waals surface area contributed by atoms with Gasteiger partial charge in [0.1, 0.15) is 16.7 Å². The average molecular weight is 442 g/mol. The summed E-state index contributed by atoms with van der Waals surface area (Å²) in [5.74, 6) is 0.657. The van der Waals surface area contributed by atoms with Gasteiger partial charge in [-0.3, -0.25) is 0 Å². The van der Waals surface area contributed by atoms with E-state index in [1.807, 2.05) is 37.7 Å². The summed E-state index contributed by atoms with van der Waals surface area (Å²) in [5, 5.41) is 11.6. The number of hydrogen-bond acceptors (Lipinski definition) is 6. The second-order valence-electron chi connectivity index (χ2n) is 7.02. The Bertz CT molecular complexity index is 1220. The maximum absolute atomic E-state index is 11.7. The molecule has 0 radical (unpaired) electrons. The second kappa shape index (κ2) is 8.55. The lowest BCUT2D eigenvalue weighted by Gasteiger charge is -2.15. The monoisotopic (exact) mass is 441 g/mol. The zero-order valence-corrected chi connectivity index (χ0v) is 18.6. The number of nitrogens with two attached hydrogens (primary N) is 1. The minimum absolute atomic E-state index is 0.00164. The first-order valence-electron chi connectivity index (χ1n) is 9.59. The molecule has 4 rings (SSSR count). The smallest absolute Gasteiger partial charge is 0.187 e. The van der Waals surface area contributed by atoms with Crippen molar-refractivity contribution in [3.8, 4) is 17.0 Å². The van der Waals surface area contributed by atoms with Crippen LogP contribution in [-0.4, -0.2) is 24.8 Å². The summed E-state index contributed by atoms with van der Waals surface area (Å²) < 4.78 is 19.7. The summed E-state index contributed by atoms with van der Waals surface area (Å²) >= 11 is 1.49. The number of nitrogens with zero attached hydrogens (tertiary/aromatic N) is 3. The van der Waals surface area contributed by atoms with Crippen molar-refractivity contribution in [1.82, 2.24) is 14.5 Å². The van der Waals surface area contributed by atoms with Gasteiger partial charge in [-0.25, -0.2) is 19.3 Å². The van der Waals surface area contributed by atoms with Crippen LogP contribution in [0.15, 0.2) is 53.0 Å². The first kappa shape index (κ1) is 20.5. The molecule has 2 aromatic heterocycles. The first-order chi connectivity index (χ1) is 14.4. The third-order valence-electron chi connectivity index (χ3n) is 4.55. The quantitative estimate of drug-likeness (QED) is 0.434. The van der Waals surface area contributed by atoms with Crippen molar-refractivity contribution in [3.63, 3.8) is 0 Å². The molecule has 2 aromatic carbocycles. The fraction of sp³-hybridized carbons (Fsp3) is 0.238. The highest BCUT2D eigenvalue weighted by Crippen LogP contribution is 2.34. The Hall–Kier alpha value is -2.75. The van der Waals surface area contributed by atoms with E-state index in [0.29, 0.717) is 21.5 Å². The van der Waals surface area contributed by atoms with Gasteiger partial charge in [0.05, 0.1) is 39.7 Å². The summed E-state index contributed by atoms with van der Waals surface area (Å²) in [6.45, 7) is 6.87. The molecule has 0 fully saturated rings. The van der Waals surface area contributed by atoms with Crippen LogP contribution in [0, 0.1) is 0 Å². The minimum atomic E-state index is -1.58.